The van der Waals surface area contributed by atoms with Gasteiger partial charge in [-0.1, -0.05) is 267 Å². The molecule has 23 heteroatoms. The third-order valence-corrected chi connectivity index (χ3v) is 36.6. The third-order valence-electron chi connectivity index (χ3n) is 36.6. The van der Waals surface area contributed by atoms with Crippen molar-refractivity contribution in [3.8, 4) is 0 Å². The zero-order valence-electron chi connectivity index (χ0n) is 95.7. The molecule has 15 rings (SSSR count). The van der Waals surface area contributed by atoms with E-state index in [1.807, 2.05) is 181 Å². The van der Waals surface area contributed by atoms with Gasteiger partial charge in [0.1, 0.15) is 13.2 Å². The number of halogens is 4. The van der Waals surface area contributed by atoms with Crippen LogP contribution in [0.15, 0.2) is 181 Å². The average Bonchev–Trinajstić information content (AvgIpc) is 1.68. The van der Waals surface area contributed by atoms with E-state index in [2.05, 4.69) is 145 Å². The Hall–Kier alpha value is -6.91. The summed E-state index contributed by atoms with van der Waals surface area (Å²) >= 11 is 0. The lowest BCUT2D eigenvalue weighted by Crippen LogP contribution is -2.59. The maximum Gasteiger partial charge on any atom is 0.386 e. The molecule has 842 valence electrons. The van der Waals surface area contributed by atoms with Crippen LogP contribution >= 0.6 is 0 Å². The maximum atomic E-state index is 10.7. The molecule has 0 saturated heterocycles. The molecule has 1 heterocycles. The van der Waals surface area contributed by atoms with E-state index in [1.54, 1.807) is 23.9 Å². The van der Waals surface area contributed by atoms with E-state index < -0.39 is 6.18 Å². The molecule has 149 heavy (non-hydrogen) atoms. The zero-order chi connectivity index (χ0) is 110. The Morgan fingerprint density at radius 3 is 1.30 bits per heavy atom. The first-order chi connectivity index (χ1) is 71.0. The molecular weight excluding hydrogens is 1890 g/mol. The average molecular weight is 2090 g/mol. The van der Waals surface area contributed by atoms with Gasteiger partial charge in [-0.05, 0) is 396 Å². The topological polar surface area (TPSA) is 250 Å². The summed E-state index contributed by atoms with van der Waals surface area (Å²) in [5, 5.41) is 44.5. The SMILES string of the molecule is CC.CC(C)=CCCC(C)C1CCC2C3CCC4C(C)(C)C(C(C)OO)CCC4(C)C3CCC12C.CC(C)CCCC(C)C1CCC2C3CC=C4C(C)(C)C(C(C)OO)CCC4(C)C3CCC12C.CC(CCc1ccccn1)OO.CC(F)(F)F.CC(OO)C1CCC(OOCc2ccccc2)CC1.CC(OO)C1CCC(OOCc2ccccc2)CC1.CF.COC(=O)/C=C/c1ccccc1.COC(=O)/C=C/c1ccccc1. The number of esters is 2. The number of rotatable bonds is 33. The summed E-state index contributed by atoms with van der Waals surface area (Å²) in [5.74, 6) is 11.7. The molecule has 22 unspecified atom stereocenters. The smallest absolute Gasteiger partial charge is 0.386 e. The summed E-state index contributed by atoms with van der Waals surface area (Å²) in [6.07, 6.45) is 46.0. The molecule has 0 bridgehead atoms. The summed E-state index contributed by atoms with van der Waals surface area (Å²) in [6.45, 7) is 49.8. The van der Waals surface area contributed by atoms with E-state index in [0.29, 0.717) is 65.7 Å². The fraction of sp³-hybridized carbons (Fsp3) is 0.690. The van der Waals surface area contributed by atoms with Gasteiger partial charge in [0.2, 0.25) is 0 Å². The summed E-state index contributed by atoms with van der Waals surface area (Å²) in [6, 6.07) is 44.9. The molecule has 22 atom stereocenters. The molecule has 10 aliphatic carbocycles. The van der Waals surface area contributed by atoms with Crippen LogP contribution in [0.3, 0.4) is 0 Å². The predicted octanol–water partition coefficient (Wildman–Crippen LogP) is 34.3. The first-order valence-corrected chi connectivity index (χ1v) is 56.5. The highest BCUT2D eigenvalue weighted by atomic mass is 19.4. The van der Waals surface area contributed by atoms with Crippen LogP contribution in [0.25, 0.3) is 12.2 Å². The first-order valence-electron chi connectivity index (χ1n) is 56.5. The second-order valence-corrected chi connectivity index (χ2v) is 47.2. The number of ether oxygens (including phenoxy) is 2. The Labute approximate surface area is 895 Å². The predicted molar refractivity (Wildman–Crippen MR) is 591 cm³/mol. The number of aromatic nitrogens is 1. The first kappa shape index (κ1) is 131. The van der Waals surface area contributed by atoms with Gasteiger partial charge in [-0.3, -0.25) is 35.7 Å². The van der Waals surface area contributed by atoms with Gasteiger partial charge in [-0.15, -0.1) is 0 Å². The van der Waals surface area contributed by atoms with Gasteiger partial charge < -0.3 is 9.47 Å². The van der Waals surface area contributed by atoms with Gasteiger partial charge in [-0.2, -0.15) is 13.2 Å². The van der Waals surface area contributed by atoms with Crippen molar-refractivity contribution in [1.29, 1.82) is 0 Å². The number of nitrogens with zero attached hydrogens (tertiary/aromatic N) is 1. The quantitative estimate of drug-likeness (QED) is 0.00654. The lowest BCUT2D eigenvalue weighted by Gasteiger charge is -2.65. The summed E-state index contributed by atoms with van der Waals surface area (Å²) < 4.78 is 49.5. The number of alkyl halides is 4. The molecule has 0 aliphatic heterocycles. The number of carbonyl (C=O) groups is 2. The van der Waals surface area contributed by atoms with Crippen molar-refractivity contribution in [2.75, 3.05) is 21.4 Å². The van der Waals surface area contributed by atoms with Crippen LogP contribution in [-0.4, -0.2) is 114 Å². The molecule has 0 spiro atoms. The largest absolute Gasteiger partial charge is 0.466 e. The number of pyridine rings is 1. The standard InChI is InChI=1S/2C31H54O2.2C15H22O4.2C10H10O2.C9H13NO2.C2H3F3.C2H6.CH3F/c2*1-20(2)10-9-11-21(3)24-13-14-26-23-12-15-28-29(5,6)25(22(4)33-32)16-19-31(28,8)27(23)17-18-30(24,26)7;2*1-12(18-16)14-7-9-15(10-8-14)19-17-11-13-5-3-2-4-6-13;2*1-12-10(11)8-7-9-5-3-2-4-6-9;1-8(12-11)5-6-9-4-2-3-7-10-9;1-2(3,4)5;2*1-2/h15,20-27,32H,9-14,16-19H2,1-8H3;10,21-28,32H,9,11-19H2,1-8H3;2*2-6,12,14-16H,7-11H2,1H3;2*2-8H,1H3;2-4,7-8,11H,5-6H2,1H3;1H3;1-2H3;1H3/b;;;;2*8-7+;;;;. The Bertz CT molecular complexity index is 4430. The minimum Gasteiger partial charge on any atom is -0.466 e. The monoisotopic (exact) mass is 2090 g/mol. The zero-order valence-corrected chi connectivity index (χ0v) is 95.7. The van der Waals surface area contributed by atoms with Crippen LogP contribution in [0.1, 0.15) is 366 Å². The molecular formula is C126H197F4NO18. The molecule has 0 amide bonds. The van der Waals surface area contributed by atoms with Crippen LogP contribution in [0.4, 0.5) is 17.6 Å². The van der Waals surface area contributed by atoms with E-state index in [4.69, 9.17) is 45.1 Å². The van der Waals surface area contributed by atoms with Gasteiger partial charge in [0.25, 0.3) is 0 Å². The van der Waals surface area contributed by atoms with Crippen molar-refractivity contribution in [1.82, 2.24) is 4.98 Å². The van der Waals surface area contributed by atoms with E-state index in [9.17, 15) is 37.7 Å². The van der Waals surface area contributed by atoms with Gasteiger partial charge in [-0.25, -0.2) is 53.6 Å². The number of fused-ring (bicyclic) bond motifs is 10. The fourth-order valence-electron chi connectivity index (χ4n) is 28.8. The number of hydrogen-bond donors (Lipinski definition) is 5. The second kappa shape index (κ2) is 65.8. The lowest BCUT2D eigenvalue weighted by atomic mass is 9.39. The van der Waals surface area contributed by atoms with E-state index in [0.717, 1.165) is 163 Å². The number of allylic oxidation sites excluding steroid dienone is 4. The number of carbonyl (C=O) groups excluding carboxylic acids is 2. The van der Waals surface area contributed by atoms with Crippen molar-refractivity contribution in [2.24, 2.45) is 127 Å². The molecule has 4 aromatic carbocycles. The molecule has 5 N–H and O–H groups in total. The van der Waals surface area contributed by atoms with Gasteiger partial charge in [0, 0.05) is 31.0 Å². The van der Waals surface area contributed by atoms with E-state index in [1.165, 1.54) is 160 Å². The molecule has 10 aliphatic rings. The van der Waals surface area contributed by atoms with Crippen LogP contribution < -0.4 is 0 Å². The summed E-state index contributed by atoms with van der Waals surface area (Å²) in [5.41, 5.74) is 10.7. The highest BCUT2D eigenvalue weighted by Crippen LogP contribution is 2.73. The molecule has 0 radical (unpaired) electrons. The Morgan fingerprint density at radius 1 is 0.450 bits per heavy atom. The maximum absolute atomic E-state index is 10.7. The van der Waals surface area contributed by atoms with E-state index in [-0.39, 0.29) is 72.4 Å². The lowest BCUT2D eigenvalue weighted by molar-refractivity contribution is -0.340. The minimum atomic E-state index is -4.00. The molecule has 9 saturated carbocycles. The van der Waals surface area contributed by atoms with Crippen LogP contribution in [0, 0.1) is 127 Å². The molecule has 9 fully saturated rings. The Morgan fingerprint density at radius 2 is 0.866 bits per heavy atom. The van der Waals surface area contributed by atoms with Gasteiger partial charge in [0.05, 0.1) is 64.1 Å². The number of methoxy groups -OCH3 is 2. The minimum absolute atomic E-state index is 0.0552. The molecule has 1 aromatic heterocycles. The highest BCUT2D eigenvalue weighted by Gasteiger charge is 2.65. The number of aryl methyl sites for hydroxylation is 1. The third kappa shape index (κ3) is 39.7. The number of benzene rings is 4. The van der Waals surface area contributed by atoms with E-state index >= 15 is 0 Å². The van der Waals surface area contributed by atoms with Crippen molar-refractivity contribution in [2.45, 2.75) is 407 Å². The summed E-state index contributed by atoms with van der Waals surface area (Å²) in [7, 11) is 3.22. The summed E-state index contributed by atoms with van der Waals surface area (Å²) in [4.78, 5) is 69.7. The van der Waals surface area contributed by atoms with Crippen molar-refractivity contribution in [3.05, 3.63) is 209 Å². The number of hydrogen-bond acceptors (Lipinski definition) is 19. The van der Waals surface area contributed by atoms with Gasteiger partial charge in [0.15, 0.2) is 0 Å². The van der Waals surface area contributed by atoms with Gasteiger partial charge >= 0.3 is 18.1 Å². The van der Waals surface area contributed by atoms with Crippen LogP contribution in [-0.2, 0) is 82.7 Å². The second-order valence-electron chi connectivity index (χ2n) is 47.2. The Balaban J connectivity index is 0.000000271. The highest BCUT2D eigenvalue weighted by molar-refractivity contribution is 5.87. The molecule has 19 nitrogen and oxygen atoms in total. The fourth-order valence-corrected chi connectivity index (χ4v) is 28.8. The van der Waals surface area contributed by atoms with Crippen molar-refractivity contribution in [3.63, 3.8) is 0 Å². The Kier molecular flexibility index (Phi) is 57.8. The molecule has 5 aromatic rings. The van der Waals surface area contributed by atoms with Crippen LogP contribution in [0.2, 0.25) is 0 Å². The van der Waals surface area contributed by atoms with Crippen molar-refractivity contribution >= 4 is 24.1 Å². The van der Waals surface area contributed by atoms with Crippen LogP contribution in [0.5, 0.6) is 0 Å². The van der Waals surface area contributed by atoms with Crippen molar-refractivity contribution < 1.29 is 107 Å². The normalized spacial score (nSPS) is 29.5.